The molecule has 4 heteroatoms. The topological polar surface area (TPSA) is 29.5 Å². The van der Waals surface area contributed by atoms with Crippen LogP contribution in [0.4, 0.5) is 0 Å². The fourth-order valence-corrected chi connectivity index (χ4v) is 3.35. The normalized spacial score (nSPS) is 12.2. The van der Waals surface area contributed by atoms with E-state index in [4.69, 9.17) is 4.43 Å². The van der Waals surface area contributed by atoms with E-state index in [1.165, 1.54) is 0 Å². The Morgan fingerprint density at radius 1 is 1.38 bits per heavy atom. The van der Waals surface area contributed by atoms with Crippen molar-refractivity contribution in [2.24, 2.45) is 0 Å². The fourth-order valence-electron chi connectivity index (χ4n) is 1.63. The van der Waals surface area contributed by atoms with Gasteiger partial charge in [0.15, 0.2) is 0 Å². The van der Waals surface area contributed by atoms with Gasteiger partial charge in [0.1, 0.15) is 0 Å². The molecule has 0 fully saturated rings. The van der Waals surface area contributed by atoms with Crippen molar-refractivity contribution in [1.29, 1.82) is 0 Å². The molecule has 0 spiro atoms. The van der Waals surface area contributed by atoms with Gasteiger partial charge >= 0.3 is 0 Å². The number of rotatable bonds is 4. The summed E-state index contributed by atoms with van der Waals surface area (Å²) in [4.78, 5) is 13.6. The van der Waals surface area contributed by atoms with Crippen LogP contribution in [0.25, 0.3) is 0 Å². The first-order valence-corrected chi connectivity index (χ1v) is 7.70. The summed E-state index contributed by atoms with van der Waals surface area (Å²) in [6.45, 7) is 4.79. The first-order chi connectivity index (χ1) is 7.57. The molecule has 1 aromatic rings. The summed E-state index contributed by atoms with van der Waals surface area (Å²) in [6, 6.07) is 7.74. The molecule has 1 amide bonds. The van der Waals surface area contributed by atoms with E-state index in [0.29, 0.717) is 6.61 Å². The Bertz CT molecular complexity index is 366. The van der Waals surface area contributed by atoms with Crippen LogP contribution in [0.1, 0.15) is 17.3 Å². The van der Waals surface area contributed by atoms with E-state index in [9.17, 15) is 4.79 Å². The molecule has 88 valence electrons. The van der Waals surface area contributed by atoms with Crippen LogP contribution in [0.15, 0.2) is 24.3 Å². The van der Waals surface area contributed by atoms with Gasteiger partial charge in [-0.15, -0.1) is 0 Å². The van der Waals surface area contributed by atoms with E-state index in [2.05, 4.69) is 6.55 Å². The predicted molar refractivity (Wildman–Crippen MR) is 68.7 cm³/mol. The summed E-state index contributed by atoms with van der Waals surface area (Å²) in [5.74, 6) is 0.0506. The first-order valence-electron chi connectivity index (χ1n) is 5.50. The molecule has 1 unspecified atom stereocenters. The van der Waals surface area contributed by atoms with Gasteiger partial charge in [-0.1, -0.05) is 18.2 Å². The number of nitrogens with zero attached hydrogens (tertiary/aromatic N) is 1. The molecule has 3 nitrogen and oxygen atoms in total. The quantitative estimate of drug-likeness (QED) is 0.731. The third-order valence-corrected chi connectivity index (χ3v) is 4.66. The number of hydrogen-bond donors (Lipinski definition) is 0. The molecule has 1 rings (SSSR count). The van der Waals surface area contributed by atoms with Crippen LogP contribution in [0, 0.1) is 0 Å². The summed E-state index contributed by atoms with van der Waals surface area (Å²) < 4.78 is 5.67. The van der Waals surface area contributed by atoms with Crippen molar-refractivity contribution in [2.75, 3.05) is 20.7 Å². The average molecular weight is 237 g/mol. The highest BCUT2D eigenvalue weighted by Crippen LogP contribution is 2.02. The molecule has 0 radical (unpaired) electrons. The largest absolute Gasteiger partial charge is 0.416 e. The molecular formula is C12H19NO2Si. The van der Waals surface area contributed by atoms with Crippen molar-refractivity contribution in [3.05, 3.63) is 29.8 Å². The minimum absolute atomic E-state index is 0.0506. The molecule has 0 saturated carbocycles. The van der Waals surface area contributed by atoms with E-state index in [1.54, 1.807) is 19.0 Å². The fraction of sp³-hybridized carbons (Fsp3) is 0.417. The average Bonchev–Trinajstić information content (AvgIpc) is 2.28. The van der Waals surface area contributed by atoms with Gasteiger partial charge in [-0.05, 0) is 24.7 Å². The van der Waals surface area contributed by atoms with Crippen molar-refractivity contribution in [3.8, 4) is 0 Å². The Morgan fingerprint density at radius 2 is 2.00 bits per heavy atom. The monoisotopic (exact) mass is 237 g/mol. The van der Waals surface area contributed by atoms with Gasteiger partial charge in [-0.25, -0.2) is 0 Å². The van der Waals surface area contributed by atoms with Crippen molar-refractivity contribution in [3.63, 3.8) is 0 Å². The predicted octanol–water partition coefficient (Wildman–Crippen LogP) is 0.986. The van der Waals surface area contributed by atoms with Crippen molar-refractivity contribution < 1.29 is 9.22 Å². The lowest BCUT2D eigenvalue weighted by molar-refractivity contribution is 0.0828. The molecule has 0 aliphatic heterocycles. The number of amides is 1. The smallest absolute Gasteiger partial charge is 0.253 e. The molecule has 1 aromatic carbocycles. The number of carbonyl (C=O) groups is 1. The molecule has 0 N–H and O–H groups in total. The van der Waals surface area contributed by atoms with E-state index < -0.39 is 9.04 Å². The third-order valence-electron chi connectivity index (χ3n) is 2.45. The van der Waals surface area contributed by atoms with Gasteiger partial charge in [-0.3, -0.25) is 4.79 Å². The molecule has 1 atom stereocenters. The van der Waals surface area contributed by atoms with Crippen molar-refractivity contribution in [2.45, 2.75) is 13.5 Å². The maximum atomic E-state index is 12.0. The molecule has 0 aromatic heterocycles. The molecule has 0 aliphatic carbocycles. The Kier molecular flexibility index (Phi) is 4.70. The zero-order chi connectivity index (χ0) is 12.1. The minimum Gasteiger partial charge on any atom is -0.416 e. The highest BCUT2D eigenvalue weighted by Gasteiger charge is 2.18. The van der Waals surface area contributed by atoms with Gasteiger partial charge in [0, 0.05) is 26.3 Å². The second-order valence-electron chi connectivity index (χ2n) is 3.88. The maximum Gasteiger partial charge on any atom is 0.253 e. The van der Waals surface area contributed by atoms with Crippen molar-refractivity contribution in [1.82, 2.24) is 4.90 Å². The zero-order valence-electron chi connectivity index (χ0n) is 10.4. The summed E-state index contributed by atoms with van der Waals surface area (Å²) in [5.41, 5.74) is 0.778. The Balaban J connectivity index is 3.05. The van der Waals surface area contributed by atoms with Gasteiger partial charge in [0.25, 0.3) is 5.91 Å². The Morgan fingerprint density at radius 3 is 2.56 bits per heavy atom. The summed E-state index contributed by atoms with van der Waals surface area (Å²) in [7, 11) is 2.10. The van der Waals surface area contributed by atoms with Crippen LogP contribution in [-0.4, -0.2) is 40.5 Å². The van der Waals surface area contributed by atoms with Crippen molar-refractivity contribution >= 4 is 20.1 Å². The molecular weight excluding hydrogens is 218 g/mol. The third kappa shape index (κ3) is 2.93. The van der Waals surface area contributed by atoms with Gasteiger partial charge in [-0.2, -0.15) is 0 Å². The molecule has 16 heavy (non-hydrogen) atoms. The van der Waals surface area contributed by atoms with E-state index in [-0.39, 0.29) is 5.91 Å². The molecule has 0 bridgehead atoms. The summed E-state index contributed by atoms with van der Waals surface area (Å²) in [5, 5.41) is 1.09. The van der Waals surface area contributed by atoms with E-state index in [1.807, 2.05) is 31.2 Å². The van der Waals surface area contributed by atoms with Crippen LogP contribution in [0.2, 0.25) is 6.55 Å². The standard InChI is InChI=1S/C12H19NO2Si/c1-5-15-16(4)11-9-7-6-8-10(11)12(14)13(2)3/h6-9,16H,5H2,1-4H3. The second-order valence-corrected chi connectivity index (χ2v) is 6.12. The first kappa shape index (κ1) is 12.9. The van der Waals surface area contributed by atoms with Crippen LogP contribution >= 0.6 is 0 Å². The molecule has 0 saturated heterocycles. The number of benzene rings is 1. The maximum absolute atomic E-state index is 12.0. The highest BCUT2D eigenvalue weighted by atomic mass is 28.3. The Labute approximate surface area is 98.8 Å². The lowest BCUT2D eigenvalue weighted by atomic mass is 10.2. The lowest BCUT2D eigenvalue weighted by Crippen LogP contribution is -2.37. The lowest BCUT2D eigenvalue weighted by Gasteiger charge is -2.17. The van der Waals surface area contributed by atoms with E-state index >= 15 is 0 Å². The van der Waals surface area contributed by atoms with Crippen LogP contribution in [0.5, 0.6) is 0 Å². The SMILES string of the molecule is CCO[SiH](C)c1ccccc1C(=O)N(C)C. The van der Waals surface area contributed by atoms with Crippen LogP contribution in [0.3, 0.4) is 0 Å². The highest BCUT2D eigenvalue weighted by molar-refractivity contribution is 6.67. The minimum atomic E-state index is -1.44. The number of hydrogen-bond acceptors (Lipinski definition) is 2. The van der Waals surface area contributed by atoms with Gasteiger partial charge in [0.2, 0.25) is 9.04 Å². The number of carbonyl (C=O) groups excluding carboxylic acids is 1. The zero-order valence-corrected chi connectivity index (χ0v) is 11.5. The summed E-state index contributed by atoms with van der Waals surface area (Å²) >= 11 is 0. The van der Waals surface area contributed by atoms with Gasteiger partial charge < -0.3 is 9.33 Å². The van der Waals surface area contributed by atoms with Crippen LogP contribution in [-0.2, 0) is 4.43 Å². The molecule has 0 heterocycles. The van der Waals surface area contributed by atoms with E-state index in [0.717, 1.165) is 10.8 Å². The molecule has 0 aliphatic rings. The Hall–Kier alpha value is -1.13. The van der Waals surface area contributed by atoms with Gasteiger partial charge in [0.05, 0.1) is 0 Å². The summed E-state index contributed by atoms with van der Waals surface area (Å²) in [6.07, 6.45) is 0. The second kappa shape index (κ2) is 5.82. The van der Waals surface area contributed by atoms with Crippen LogP contribution < -0.4 is 5.19 Å².